The van der Waals surface area contributed by atoms with E-state index in [0.717, 1.165) is 26.2 Å². The van der Waals surface area contributed by atoms with Gasteiger partial charge in [0.15, 0.2) is 0 Å². The van der Waals surface area contributed by atoms with E-state index in [-0.39, 0.29) is 5.91 Å². The summed E-state index contributed by atoms with van der Waals surface area (Å²) in [5, 5.41) is 2.19. The van der Waals surface area contributed by atoms with Crippen molar-refractivity contribution in [2.45, 2.75) is 32.1 Å². The summed E-state index contributed by atoms with van der Waals surface area (Å²) in [5.41, 5.74) is 3.24. The van der Waals surface area contributed by atoms with Crippen molar-refractivity contribution in [2.75, 3.05) is 32.7 Å². The molecule has 15 heavy (non-hydrogen) atoms. The van der Waals surface area contributed by atoms with Gasteiger partial charge in [0, 0.05) is 26.2 Å². The van der Waals surface area contributed by atoms with E-state index in [0.29, 0.717) is 6.54 Å². The van der Waals surface area contributed by atoms with Crippen molar-refractivity contribution >= 4 is 5.91 Å². The van der Waals surface area contributed by atoms with Crippen LogP contribution < -0.4 is 5.43 Å². The van der Waals surface area contributed by atoms with Gasteiger partial charge in [-0.3, -0.25) is 4.79 Å². The fourth-order valence-electron chi connectivity index (χ4n) is 2.31. The highest BCUT2D eigenvalue weighted by molar-refractivity contribution is 5.78. The standard InChI is InChI=1S/C11H21N3O/c15-11(13-6-4-5-7-13)10-12-14-8-2-1-3-9-14/h12H,1-10H2. The molecule has 0 aromatic heterocycles. The maximum atomic E-state index is 11.7. The van der Waals surface area contributed by atoms with Crippen LogP contribution in [0.25, 0.3) is 0 Å². The van der Waals surface area contributed by atoms with Crippen LogP contribution in [0.15, 0.2) is 0 Å². The minimum atomic E-state index is 0.262. The number of hydrogen-bond donors (Lipinski definition) is 1. The average Bonchev–Trinajstić information content (AvgIpc) is 2.81. The summed E-state index contributed by atoms with van der Waals surface area (Å²) in [5.74, 6) is 0.262. The first-order valence-electron chi connectivity index (χ1n) is 6.12. The molecule has 4 heteroatoms. The molecule has 0 bridgehead atoms. The fraction of sp³-hybridized carbons (Fsp3) is 0.909. The van der Waals surface area contributed by atoms with E-state index in [1.54, 1.807) is 0 Å². The summed E-state index contributed by atoms with van der Waals surface area (Å²) >= 11 is 0. The molecule has 2 aliphatic rings. The zero-order valence-corrected chi connectivity index (χ0v) is 9.37. The van der Waals surface area contributed by atoms with Crippen molar-refractivity contribution in [3.8, 4) is 0 Å². The number of carbonyl (C=O) groups excluding carboxylic acids is 1. The van der Waals surface area contributed by atoms with Crippen LogP contribution in [0.1, 0.15) is 32.1 Å². The first-order chi connectivity index (χ1) is 7.36. The van der Waals surface area contributed by atoms with Crippen molar-refractivity contribution in [1.29, 1.82) is 0 Å². The predicted molar refractivity (Wildman–Crippen MR) is 59.2 cm³/mol. The van der Waals surface area contributed by atoms with Gasteiger partial charge in [0.1, 0.15) is 0 Å². The second-order valence-electron chi connectivity index (χ2n) is 4.47. The Morgan fingerprint density at radius 1 is 0.933 bits per heavy atom. The Labute approximate surface area is 91.6 Å². The lowest BCUT2D eigenvalue weighted by atomic mass is 10.2. The van der Waals surface area contributed by atoms with Crippen molar-refractivity contribution in [2.24, 2.45) is 0 Å². The minimum absolute atomic E-state index is 0.262. The molecule has 4 nitrogen and oxygen atoms in total. The molecule has 0 aliphatic carbocycles. The number of piperidine rings is 1. The third-order valence-corrected chi connectivity index (χ3v) is 3.27. The quantitative estimate of drug-likeness (QED) is 0.742. The summed E-state index contributed by atoms with van der Waals surface area (Å²) in [4.78, 5) is 13.7. The number of hydrogen-bond acceptors (Lipinski definition) is 3. The molecule has 2 rings (SSSR count). The highest BCUT2D eigenvalue weighted by atomic mass is 16.2. The smallest absolute Gasteiger partial charge is 0.237 e. The van der Waals surface area contributed by atoms with E-state index >= 15 is 0 Å². The first-order valence-corrected chi connectivity index (χ1v) is 6.12. The highest BCUT2D eigenvalue weighted by Crippen LogP contribution is 2.08. The van der Waals surface area contributed by atoms with Crippen LogP contribution in [0.2, 0.25) is 0 Å². The number of likely N-dealkylation sites (tertiary alicyclic amines) is 1. The lowest BCUT2D eigenvalue weighted by molar-refractivity contribution is -0.130. The Hall–Kier alpha value is -0.610. The van der Waals surface area contributed by atoms with Gasteiger partial charge in [0.05, 0.1) is 6.54 Å². The van der Waals surface area contributed by atoms with E-state index in [2.05, 4.69) is 10.4 Å². The normalized spacial score (nSPS) is 23.3. The second-order valence-corrected chi connectivity index (χ2v) is 4.47. The minimum Gasteiger partial charge on any atom is -0.342 e. The molecule has 2 heterocycles. The Morgan fingerprint density at radius 3 is 2.20 bits per heavy atom. The van der Waals surface area contributed by atoms with Gasteiger partial charge in [-0.05, 0) is 25.7 Å². The Morgan fingerprint density at radius 2 is 1.53 bits per heavy atom. The van der Waals surface area contributed by atoms with Gasteiger partial charge < -0.3 is 4.90 Å². The third-order valence-electron chi connectivity index (χ3n) is 3.27. The molecule has 2 fully saturated rings. The number of nitrogens with zero attached hydrogens (tertiary/aromatic N) is 2. The summed E-state index contributed by atoms with van der Waals surface area (Å²) in [6, 6.07) is 0. The Balaban J connectivity index is 1.65. The first kappa shape index (κ1) is 10.9. The number of rotatable bonds is 3. The monoisotopic (exact) mass is 211 g/mol. The molecule has 0 aromatic carbocycles. The highest BCUT2D eigenvalue weighted by Gasteiger charge is 2.18. The Bertz CT molecular complexity index is 208. The van der Waals surface area contributed by atoms with Crippen LogP contribution in [0.5, 0.6) is 0 Å². The van der Waals surface area contributed by atoms with Gasteiger partial charge in [-0.2, -0.15) is 0 Å². The fourth-order valence-corrected chi connectivity index (χ4v) is 2.31. The number of amides is 1. The molecular formula is C11H21N3O. The van der Waals surface area contributed by atoms with Crippen LogP contribution in [-0.2, 0) is 4.79 Å². The number of nitrogens with one attached hydrogen (secondary N) is 1. The third kappa shape index (κ3) is 3.18. The molecule has 86 valence electrons. The van der Waals surface area contributed by atoms with Crippen LogP contribution >= 0.6 is 0 Å². The summed E-state index contributed by atoms with van der Waals surface area (Å²) in [6.07, 6.45) is 6.19. The van der Waals surface area contributed by atoms with Crippen molar-refractivity contribution in [1.82, 2.24) is 15.3 Å². The molecule has 2 aliphatic heterocycles. The number of hydrazine groups is 1. The topological polar surface area (TPSA) is 35.6 Å². The molecule has 2 saturated heterocycles. The maximum Gasteiger partial charge on any atom is 0.237 e. The van der Waals surface area contributed by atoms with Gasteiger partial charge in [-0.15, -0.1) is 0 Å². The summed E-state index contributed by atoms with van der Waals surface area (Å²) < 4.78 is 0. The van der Waals surface area contributed by atoms with E-state index in [1.807, 2.05) is 4.90 Å². The molecule has 1 amide bonds. The molecule has 1 N–H and O–H groups in total. The van der Waals surface area contributed by atoms with Gasteiger partial charge in [0.25, 0.3) is 0 Å². The van der Waals surface area contributed by atoms with Crippen LogP contribution in [0.3, 0.4) is 0 Å². The van der Waals surface area contributed by atoms with Crippen molar-refractivity contribution in [3.63, 3.8) is 0 Å². The van der Waals surface area contributed by atoms with Gasteiger partial charge in [0.2, 0.25) is 5.91 Å². The van der Waals surface area contributed by atoms with Crippen LogP contribution in [-0.4, -0.2) is 48.5 Å². The molecule has 0 aromatic rings. The van der Waals surface area contributed by atoms with Crippen molar-refractivity contribution in [3.05, 3.63) is 0 Å². The van der Waals surface area contributed by atoms with E-state index < -0.39 is 0 Å². The molecular weight excluding hydrogens is 190 g/mol. The van der Waals surface area contributed by atoms with Crippen molar-refractivity contribution < 1.29 is 4.79 Å². The van der Waals surface area contributed by atoms with Gasteiger partial charge in [-0.25, -0.2) is 10.4 Å². The van der Waals surface area contributed by atoms with Gasteiger partial charge in [-0.1, -0.05) is 6.42 Å². The van der Waals surface area contributed by atoms with E-state index in [1.165, 1.54) is 32.1 Å². The number of carbonyl (C=O) groups is 1. The zero-order valence-electron chi connectivity index (χ0n) is 9.37. The molecule has 0 spiro atoms. The molecule has 0 unspecified atom stereocenters. The SMILES string of the molecule is O=C(CNN1CCCCC1)N1CCCC1. The maximum absolute atomic E-state index is 11.7. The lowest BCUT2D eigenvalue weighted by Crippen LogP contribution is -2.46. The summed E-state index contributed by atoms with van der Waals surface area (Å²) in [6.45, 7) is 4.58. The molecule has 0 atom stereocenters. The average molecular weight is 211 g/mol. The van der Waals surface area contributed by atoms with E-state index in [4.69, 9.17) is 0 Å². The second kappa shape index (κ2) is 5.47. The van der Waals surface area contributed by atoms with Gasteiger partial charge >= 0.3 is 0 Å². The molecule has 0 saturated carbocycles. The van der Waals surface area contributed by atoms with Crippen LogP contribution in [0, 0.1) is 0 Å². The lowest BCUT2D eigenvalue weighted by Gasteiger charge is -2.27. The zero-order chi connectivity index (χ0) is 10.5. The largest absolute Gasteiger partial charge is 0.342 e. The predicted octanol–water partition coefficient (Wildman–Crippen LogP) is 0.599. The summed E-state index contributed by atoms with van der Waals surface area (Å²) in [7, 11) is 0. The molecule has 0 radical (unpaired) electrons. The Kier molecular flexibility index (Phi) is 3.97. The van der Waals surface area contributed by atoms with E-state index in [9.17, 15) is 4.79 Å². The van der Waals surface area contributed by atoms with Crippen LogP contribution in [0.4, 0.5) is 0 Å².